The number of halogens is 1. The van der Waals surface area contributed by atoms with Crippen LogP contribution in [0.15, 0.2) is 16.6 Å². The molecule has 0 bridgehead atoms. The van der Waals surface area contributed by atoms with Crippen LogP contribution in [-0.4, -0.2) is 18.3 Å². The number of aliphatic hydroxyl groups excluding tert-OH is 1. The van der Waals surface area contributed by atoms with E-state index in [0.717, 1.165) is 15.8 Å². The van der Waals surface area contributed by atoms with E-state index in [1.54, 1.807) is 0 Å². The molecule has 0 atom stereocenters. The van der Waals surface area contributed by atoms with Crippen molar-refractivity contribution < 1.29 is 14.6 Å². The summed E-state index contributed by atoms with van der Waals surface area (Å²) < 4.78 is 12.3. The van der Waals surface area contributed by atoms with Crippen molar-refractivity contribution in [1.29, 1.82) is 0 Å². The zero-order valence-corrected chi connectivity index (χ0v) is 11.0. The Hall–Kier alpha value is -0.740. The van der Waals surface area contributed by atoms with E-state index in [0.29, 0.717) is 19.0 Å². The number of benzene rings is 1. The smallest absolute Gasteiger partial charge is 0.162 e. The van der Waals surface area contributed by atoms with Crippen molar-refractivity contribution >= 4 is 15.9 Å². The summed E-state index contributed by atoms with van der Waals surface area (Å²) in [6, 6.07) is 3.67. The summed E-state index contributed by atoms with van der Waals surface area (Å²) in [7, 11) is 0. The fourth-order valence-corrected chi connectivity index (χ4v) is 1.96. The number of hydrogen-bond acceptors (Lipinski definition) is 3. The van der Waals surface area contributed by atoms with E-state index in [2.05, 4.69) is 29.8 Å². The van der Waals surface area contributed by atoms with Gasteiger partial charge in [-0.3, -0.25) is 0 Å². The third kappa shape index (κ3) is 2.33. The van der Waals surface area contributed by atoms with Crippen molar-refractivity contribution in [3.05, 3.63) is 22.2 Å². The van der Waals surface area contributed by atoms with Gasteiger partial charge < -0.3 is 14.6 Å². The van der Waals surface area contributed by atoms with E-state index < -0.39 is 0 Å². The van der Waals surface area contributed by atoms with Crippen molar-refractivity contribution in [3.8, 4) is 11.5 Å². The second-order valence-corrected chi connectivity index (χ2v) is 5.64. The molecule has 1 aromatic carbocycles. The van der Waals surface area contributed by atoms with Gasteiger partial charge in [0, 0.05) is 9.89 Å². The van der Waals surface area contributed by atoms with Crippen molar-refractivity contribution in [2.24, 2.45) is 5.41 Å². The minimum absolute atomic E-state index is 0.00484. The first-order valence-corrected chi connectivity index (χ1v) is 6.00. The summed E-state index contributed by atoms with van der Waals surface area (Å²) in [4.78, 5) is 0. The lowest BCUT2D eigenvalue weighted by Crippen LogP contribution is -2.26. The van der Waals surface area contributed by atoms with Crippen LogP contribution < -0.4 is 9.47 Å². The molecule has 0 saturated carbocycles. The molecule has 0 radical (unpaired) electrons. The van der Waals surface area contributed by atoms with Crippen molar-refractivity contribution in [3.63, 3.8) is 0 Å². The van der Waals surface area contributed by atoms with Gasteiger partial charge in [-0.2, -0.15) is 0 Å². The maximum absolute atomic E-state index is 9.17. The van der Waals surface area contributed by atoms with E-state index in [1.165, 1.54) is 0 Å². The lowest BCUT2D eigenvalue weighted by molar-refractivity contribution is 0.140. The third-order valence-electron chi connectivity index (χ3n) is 2.52. The maximum Gasteiger partial charge on any atom is 0.162 e. The van der Waals surface area contributed by atoms with Gasteiger partial charge in [-0.05, 0) is 17.7 Å². The van der Waals surface area contributed by atoms with Gasteiger partial charge in [0.05, 0.1) is 19.8 Å². The highest BCUT2D eigenvalue weighted by molar-refractivity contribution is 9.10. The lowest BCUT2D eigenvalue weighted by atomic mass is 9.97. The fourth-order valence-electron chi connectivity index (χ4n) is 1.51. The normalized spacial score (nSPS) is 18.0. The summed E-state index contributed by atoms with van der Waals surface area (Å²) in [6.07, 6.45) is 0. The summed E-state index contributed by atoms with van der Waals surface area (Å²) in [5, 5.41) is 9.17. The second-order valence-electron chi connectivity index (χ2n) is 4.79. The van der Waals surface area contributed by atoms with Gasteiger partial charge in [0.2, 0.25) is 0 Å². The molecule has 3 nitrogen and oxygen atoms in total. The summed E-state index contributed by atoms with van der Waals surface area (Å²) in [6.45, 7) is 5.43. The van der Waals surface area contributed by atoms with Crippen LogP contribution in [0.1, 0.15) is 19.4 Å². The van der Waals surface area contributed by atoms with Crippen LogP contribution in [0, 0.1) is 5.41 Å². The van der Waals surface area contributed by atoms with Gasteiger partial charge in [-0.15, -0.1) is 0 Å². The Morgan fingerprint density at radius 3 is 2.38 bits per heavy atom. The minimum atomic E-state index is -0.0133. The highest BCUT2D eigenvalue weighted by Crippen LogP contribution is 2.37. The Morgan fingerprint density at radius 2 is 1.81 bits per heavy atom. The summed E-state index contributed by atoms with van der Waals surface area (Å²) in [5.74, 6) is 1.44. The largest absolute Gasteiger partial charge is 0.489 e. The van der Waals surface area contributed by atoms with Gasteiger partial charge in [-0.1, -0.05) is 29.8 Å². The van der Waals surface area contributed by atoms with Crippen LogP contribution in [0.2, 0.25) is 0 Å². The molecule has 2 rings (SSSR count). The van der Waals surface area contributed by atoms with Gasteiger partial charge in [0.1, 0.15) is 0 Å². The zero-order chi connectivity index (χ0) is 11.8. The standard InChI is InChI=1S/C12H15BrO3/c1-12(2)6-15-10-3-8(5-14)9(13)4-11(10)16-7-12/h3-4,14H,5-7H2,1-2H3. The molecule has 1 N–H and O–H groups in total. The monoisotopic (exact) mass is 286 g/mol. The first-order chi connectivity index (χ1) is 7.52. The zero-order valence-electron chi connectivity index (χ0n) is 9.42. The fraction of sp³-hybridized carbons (Fsp3) is 0.500. The second kappa shape index (κ2) is 4.26. The van der Waals surface area contributed by atoms with Gasteiger partial charge in [0.15, 0.2) is 11.5 Å². The average Bonchev–Trinajstić information content (AvgIpc) is 2.38. The quantitative estimate of drug-likeness (QED) is 0.863. The van der Waals surface area contributed by atoms with Crippen LogP contribution in [0.4, 0.5) is 0 Å². The summed E-state index contributed by atoms with van der Waals surface area (Å²) >= 11 is 3.39. The average molecular weight is 287 g/mol. The van der Waals surface area contributed by atoms with E-state index in [-0.39, 0.29) is 12.0 Å². The van der Waals surface area contributed by atoms with E-state index in [1.807, 2.05) is 12.1 Å². The Morgan fingerprint density at radius 1 is 1.25 bits per heavy atom. The molecule has 0 amide bonds. The summed E-state index contributed by atoms with van der Waals surface area (Å²) in [5.41, 5.74) is 0.812. The van der Waals surface area contributed by atoms with Crippen LogP contribution in [-0.2, 0) is 6.61 Å². The molecule has 1 aromatic rings. The highest BCUT2D eigenvalue weighted by Gasteiger charge is 2.25. The molecular formula is C12H15BrO3. The van der Waals surface area contributed by atoms with Crippen LogP contribution in [0.3, 0.4) is 0 Å². The van der Waals surface area contributed by atoms with Crippen molar-refractivity contribution in [2.45, 2.75) is 20.5 Å². The number of aliphatic hydroxyl groups is 1. The van der Waals surface area contributed by atoms with Gasteiger partial charge in [-0.25, -0.2) is 0 Å². The molecule has 88 valence electrons. The molecule has 0 saturated heterocycles. The molecule has 1 heterocycles. The molecule has 0 unspecified atom stereocenters. The Bertz CT molecular complexity index is 401. The first kappa shape index (κ1) is 11.7. The maximum atomic E-state index is 9.17. The number of ether oxygens (including phenoxy) is 2. The topological polar surface area (TPSA) is 38.7 Å². The molecule has 1 aliphatic rings. The Labute approximate surface area is 104 Å². The number of rotatable bonds is 1. The molecule has 0 fully saturated rings. The molecule has 1 aliphatic heterocycles. The molecule has 0 spiro atoms. The molecule has 0 aliphatic carbocycles. The lowest BCUT2D eigenvalue weighted by Gasteiger charge is -2.19. The molecule has 16 heavy (non-hydrogen) atoms. The number of hydrogen-bond donors (Lipinski definition) is 1. The van der Waals surface area contributed by atoms with E-state index >= 15 is 0 Å². The van der Waals surface area contributed by atoms with Gasteiger partial charge in [0.25, 0.3) is 0 Å². The van der Waals surface area contributed by atoms with Gasteiger partial charge >= 0.3 is 0 Å². The SMILES string of the molecule is CC1(C)COc2cc(Br)c(CO)cc2OC1. The highest BCUT2D eigenvalue weighted by atomic mass is 79.9. The third-order valence-corrected chi connectivity index (χ3v) is 3.26. The van der Waals surface area contributed by atoms with Crippen molar-refractivity contribution in [1.82, 2.24) is 0 Å². The predicted molar refractivity (Wildman–Crippen MR) is 64.8 cm³/mol. The Kier molecular flexibility index (Phi) is 3.13. The van der Waals surface area contributed by atoms with Crippen LogP contribution >= 0.6 is 15.9 Å². The van der Waals surface area contributed by atoms with Crippen LogP contribution in [0.25, 0.3) is 0 Å². The molecular weight excluding hydrogens is 272 g/mol. The first-order valence-electron chi connectivity index (χ1n) is 5.21. The van der Waals surface area contributed by atoms with E-state index in [9.17, 15) is 0 Å². The Balaban J connectivity index is 2.35. The number of fused-ring (bicyclic) bond motifs is 1. The predicted octanol–water partition coefficient (Wildman–Crippen LogP) is 2.74. The molecule has 4 heteroatoms. The molecule has 0 aromatic heterocycles. The van der Waals surface area contributed by atoms with Crippen LogP contribution in [0.5, 0.6) is 11.5 Å². The minimum Gasteiger partial charge on any atom is -0.489 e. The van der Waals surface area contributed by atoms with Crippen molar-refractivity contribution in [2.75, 3.05) is 13.2 Å². The van der Waals surface area contributed by atoms with E-state index in [4.69, 9.17) is 14.6 Å².